The van der Waals surface area contributed by atoms with E-state index in [-0.39, 0.29) is 0 Å². The Balaban J connectivity index is 1.18. The minimum atomic E-state index is 0.687. The van der Waals surface area contributed by atoms with Gasteiger partial charge in [0.05, 0.1) is 44.2 Å². The Hall–Kier alpha value is -6.30. The number of aromatic nitrogens is 4. The number of fused-ring (bicyclic) bond motifs is 10. The first kappa shape index (κ1) is 26.7. The summed E-state index contributed by atoms with van der Waals surface area (Å²) < 4.78 is 6.91. The third-order valence-corrected chi connectivity index (χ3v) is 11.1. The first-order valence-corrected chi connectivity index (χ1v) is 17.3. The Morgan fingerprint density at radius 1 is 0.449 bits per heavy atom. The zero-order valence-electron chi connectivity index (χ0n) is 26.2. The second-order valence-electron chi connectivity index (χ2n) is 12.7. The van der Waals surface area contributed by atoms with Crippen molar-refractivity contribution in [2.24, 2.45) is 0 Å². The molecule has 0 saturated carbocycles. The molecule has 0 radical (unpaired) electrons. The van der Waals surface area contributed by atoms with E-state index < -0.39 is 0 Å². The highest BCUT2D eigenvalue weighted by Crippen LogP contribution is 2.41. The van der Waals surface area contributed by atoms with Gasteiger partial charge in [0.2, 0.25) is 5.95 Å². The molecule has 7 aromatic carbocycles. The quantitative estimate of drug-likeness (QED) is 0.192. The van der Waals surface area contributed by atoms with Gasteiger partial charge in [0.1, 0.15) is 0 Å². The fourth-order valence-electron chi connectivity index (χ4n) is 7.79. The predicted octanol–water partition coefficient (Wildman–Crippen LogP) is 11.9. The summed E-state index contributed by atoms with van der Waals surface area (Å²) in [6.45, 7) is 0. The van der Waals surface area contributed by atoms with E-state index in [1.165, 1.54) is 53.6 Å². The maximum atomic E-state index is 5.30. The standard InChI is InChI=1S/C44H26N4S/c1-2-12-28-25-40(47-36-17-7-3-13-30(36)31-14-4-8-18-37(31)47)34(23-27(28)11-1)29-21-22-41-35(24-29)43-42(49-41)26-45-44(46-43)48-38-19-9-5-15-32(38)33-16-6-10-20-39(33)48/h1-26H. The third kappa shape index (κ3) is 3.85. The van der Waals surface area contributed by atoms with Crippen LogP contribution in [0.3, 0.4) is 0 Å². The van der Waals surface area contributed by atoms with Crippen LogP contribution in [0.25, 0.3) is 97.4 Å². The van der Waals surface area contributed by atoms with Crippen molar-refractivity contribution in [1.29, 1.82) is 0 Å². The van der Waals surface area contributed by atoms with Gasteiger partial charge in [0, 0.05) is 37.2 Å². The molecule has 0 aliphatic rings. The van der Waals surface area contributed by atoms with Gasteiger partial charge in [-0.05, 0) is 64.9 Å². The van der Waals surface area contributed by atoms with Gasteiger partial charge in [-0.2, -0.15) is 0 Å². The zero-order chi connectivity index (χ0) is 32.1. The molecule has 0 atom stereocenters. The molecule has 0 saturated heterocycles. The molecule has 0 bridgehead atoms. The molecule has 0 N–H and O–H groups in total. The molecule has 0 unspecified atom stereocenters. The lowest BCUT2D eigenvalue weighted by Crippen LogP contribution is -2.00. The summed E-state index contributed by atoms with van der Waals surface area (Å²) in [4.78, 5) is 10.2. The largest absolute Gasteiger partial charge is 0.309 e. The zero-order valence-corrected chi connectivity index (χ0v) is 27.0. The lowest BCUT2D eigenvalue weighted by molar-refractivity contribution is 1.01. The van der Waals surface area contributed by atoms with Gasteiger partial charge in [-0.3, -0.25) is 4.57 Å². The smallest absolute Gasteiger partial charge is 0.235 e. The molecule has 228 valence electrons. The van der Waals surface area contributed by atoms with E-state index in [4.69, 9.17) is 9.97 Å². The third-order valence-electron chi connectivity index (χ3n) is 9.97. The van der Waals surface area contributed by atoms with E-state index in [0.29, 0.717) is 5.95 Å². The Labute approximate surface area is 284 Å². The molecule has 0 aliphatic heterocycles. The summed E-state index contributed by atoms with van der Waals surface area (Å²) in [5.41, 5.74) is 9.10. The van der Waals surface area contributed by atoms with Gasteiger partial charge in [-0.15, -0.1) is 11.3 Å². The van der Waals surface area contributed by atoms with Crippen molar-refractivity contribution >= 4 is 86.0 Å². The highest BCUT2D eigenvalue weighted by molar-refractivity contribution is 7.25. The van der Waals surface area contributed by atoms with Crippen molar-refractivity contribution in [3.63, 3.8) is 0 Å². The number of nitrogens with zero attached hydrogens (tertiary/aromatic N) is 4. The summed E-state index contributed by atoms with van der Waals surface area (Å²) in [7, 11) is 0. The minimum Gasteiger partial charge on any atom is -0.309 e. The number of hydrogen-bond donors (Lipinski definition) is 0. The molecular formula is C44H26N4S. The SMILES string of the molecule is c1ccc2cc(-n3c4ccccc4c4ccccc43)c(-c3ccc4sc5cnc(-n6c7ccccc7c7ccccc76)nc5c4c3)cc2c1. The lowest BCUT2D eigenvalue weighted by Gasteiger charge is -2.16. The van der Waals surface area contributed by atoms with E-state index in [1.807, 2.05) is 6.20 Å². The summed E-state index contributed by atoms with van der Waals surface area (Å²) in [5.74, 6) is 0.687. The molecule has 4 nitrogen and oxygen atoms in total. The maximum Gasteiger partial charge on any atom is 0.235 e. The van der Waals surface area contributed by atoms with Gasteiger partial charge >= 0.3 is 0 Å². The Bertz CT molecular complexity index is 3020. The number of para-hydroxylation sites is 4. The van der Waals surface area contributed by atoms with Crippen LogP contribution in [0.1, 0.15) is 0 Å². The summed E-state index contributed by atoms with van der Waals surface area (Å²) >= 11 is 1.75. The van der Waals surface area contributed by atoms with Gasteiger partial charge in [0.15, 0.2) is 0 Å². The molecule has 4 aromatic heterocycles. The van der Waals surface area contributed by atoms with Crippen LogP contribution in [0.4, 0.5) is 0 Å². The first-order chi connectivity index (χ1) is 24.3. The van der Waals surface area contributed by atoms with Gasteiger partial charge < -0.3 is 4.57 Å². The fourth-order valence-corrected chi connectivity index (χ4v) is 8.79. The monoisotopic (exact) mass is 642 g/mol. The van der Waals surface area contributed by atoms with Gasteiger partial charge in [0.25, 0.3) is 0 Å². The summed E-state index contributed by atoms with van der Waals surface area (Å²) in [5, 5.41) is 8.49. The van der Waals surface area contributed by atoms with Crippen molar-refractivity contribution in [2.75, 3.05) is 0 Å². The summed E-state index contributed by atoms with van der Waals surface area (Å²) in [6.07, 6.45) is 1.99. The van der Waals surface area contributed by atoms with Crippen molar-refractivity contribution in [3.8, 4) is 22.8 Å². The van der Waals surface area contributed by atoms with Crippen LogP contribution < -0.4 is 0 Å². The number of benzene rings is 7. The molecule has 0 aliphatic carbocycles. The fraction of sp³-hybridized carbons (Fsp3) is 0. The van der Waals surface area contributed by atoms with E-state index in [0.717, 1.165) is 37.9 Å². The van der Waals surface area contributed by atoms with Crippen molar-refractivity contribution in [2.45, 2.75) is 0 Å². The van der Waals surface area contributed by atoms with Crippen LogP contribution in [0, 0.1) is 0 Å². The van der Waals surface area contributed by atoms with E-state index >= 15 is 0 Å². The normalized spacial score (nSPS) is 12.1. The maximum absolute atomic E-state index is 5.30. The molecule has 11 rings (SSSR count). The molecule has 0 amide bonds. The van der Waals surface area contributed by atoms with Gasteiger partial charge in [-0.1, -0.05) is 103 Å². The molecule has 0 fully saturated rings. The topological polar surface area (TPSA) is 35.6 Å². The highest BCUT2D eigenvalue weighted by Gasteiger charge is 2.19. The minimum absolute atomic E-state index is 0.687. The van der Waals surface area contributed by atoms with Crippen LogP contribution in [-0.2, 0) is 0 Å². The second-order valence-corrected chi connectivity index (χ2v) is 13.7. The van der Waals surface area contributed by atoms with Crippen LogP contribution in [-0.4, -0.2) is 19.1 Å². The highest BCUT2D eigenvalue weighted by atomic mass is 32.1. The average molecular weight is 643 g/mol. The van der Waals surface area contributed by atoms with Crippen LogP contribution in [0.5, 0.6) is 0 Å². The van der Waals surface area contributed by atoms with Crippen LogP contribution in [0.2, 0.25) is 0 Å². The van der Waals surface area contributed by atoms with E-state index in [1.54, 1.807) is 11.3 Å². The predicted molar refractivity (Wildman–Crippen MR) is 207 cm³/mol. The molecule has 5 heteroatoms. The lowest BCUT2D eigenvalue weighted by atomic mass is 9.97. The number of rotatable bonds is 3. The molecule has 4 heterocycles. The van der Waals surface area contributed by atoms with Crippen LogP contribution >= 0.6 is 11.3 Å². The number of hydrogen-bond acceptors (Lipinski definition) is 3. The Morgan fingerprint density at radius 3 is 1.59 bits per heavy atom. The second kappa shape index (κ2) is 10.1. The van der Waals surface area contributed by atoms with Crippen LogP contribution in [0.15, 0.2) is 158 Å². The molecule has 11 aromatic rings. The molecule has 0 spiro atoms. The first-order valence-electron chi connectivity index (χ1n) is 16.5. The Morgan fingerprint density at radius 2 is 0.980 bits per heavy atom. The molecular weight excluding hydrogens is 617 g/mol. The van der Waals surface area contributed by atoms with Crippen molar-refractivity contribution in [3.05, 3.63) is 158 Å². The Kier molecular flexibility index (Phi) is 5.51. The average Bonchev–Trinajstić information content (AvgIpc) is 3.81. The summed E-state index contributed by atoms with van der Waals surface area (Å²) in [6, 6.07) is 54.7. The van der Waals surface area contributed by atoms with Crippen molar-refractivity contribution < 1.29 is 0 Å². The van der Waals surface area contributed by atoms with E-state index in [2.05, 4.69) is 161 Å². The molecule has 49 heavy (non-hydrogen) atoms. The van der Waals surface area contributed by atoms with Gasteiger partial charge in [-0.25, -0.2) is 9.97 Å². The van der Waals surface area contributed by atoms with Crippen molar-refractivity contribution in [1.82, 2.24) is 19.1 Å². The number of thiophene rings is 1. The van der Waals surface area contributed by atoms with E-state index in [9.17, 15) is 0 Å².